The fourth-order valence-corrected chi connectivity index (χ4v) is 1.95. The van der Waals surface area contributed by atoms with E-state index in [9.17, 15) is 9.18 Å². The maximum Gasteiger partial charge on any atom is 0.340 e. The van der Waals surface area contributed by atoms with Crippen LogP contribution in [0.4, 0.5) is 10.1 Å². The first-order valence-corrected chi connectivity index (χ1v) is 6.99. The van der Waals surface area contributed by atoms with Crippen LogP contribution in [0.2, 0.25) is 5.15 Å². The molecule has 0 radical (unpaired) electrons. The number of carbonyl (C=O) groups is 1. The van der Waals surface area contributed by atoms with Crippen molar-refractivity contribution in [1.82, 2.24) is 4.98 Å². The minimum atomic E-state index is -0.541. The maximum atomic E-state index is 13.4. The number of hydrogen-bond donors (Lipinski definition) is 1. The highest BCUT2D eigenvalue weighted by Gasteiger charge is 2.13. The number of pyridine rings is 1. The Kier molecular flexibility index (Phi) is 5.49. The van der Waals surface area contributed by atoms with Gasteiger partial charge in [0.2, 0.25) is 0 Å². The summed E-state index contributed by atoms with van der Waals surface area (Å²) in [6.07, 6.45) is 2.99. The molecule has 0 amide bonds. The van der Waals surface area contributed by atoms with Crippen molar-refractivity contribution < 1.29 is 13.9 Å². The SMILES string of the molecule is CCOC(=O)C(=CNc1ccnc(Cl)c1)c1cccc(F)c1. The van der Waals surface area contributed by atoms with E-state index < -0.39 is 11.8 Å². The van der Waals surface area contributed by atoms with Gasteiger partial charge in [0.1, 0.15) is 11.0 Å². The van der Waals surface area contributed by atoms with Gasteiger partial charge in [0.25, 0.3) is 0 Å². The summed E-state index contributed by atoms with van der Waals surface area (Å²) in [4.78, 5) is 15.9. The summed E-state index contributed by atoms with van der Waals surface area (Å²) in [5, 5.41) is 3.25. The summed E-state index contributed by atoms with van der Waals surface area (Å²) in [5.74, 6) is -0.972. The molecular formula is C16H14ClFN2O2. The number of esters is 1. The van der Waals surface area contributed by atoms with Gasteiger partial charge in [0, 0.05) is 18.1 Å². The van der Waals surface area contributed by atoms with E-state index in [0.717, 1.165) is 0 Å². The number of halogens is 2. The lowest BCUT2D eigenvalue weighted by Crippen LogP contribution is -2.08. The number of nitrogens with zero attached hydrogens (tertiary/aromatic N) is 1. The Balaban J connectivity index is 2.31. The third-order valence-corrected chi connectivity index (χ3v) is 2.95. The number of ether oxygens (including phenoxy) is 1. The van der Waals surface area contributed by atoms with Crippen molar-refractivity contribution in [1.29, 1.82) is 0 Å². The highest BCUT2D eigenvalue weighted by atomic mass is 35.5. The quantitative estimate of drug-likeness (QED) is 0.516. The number of nitrogens with one attached hydrogen (secondary N) is 1. The molecule has 1 N–H and O–H groups in total. The predicted octanol–water partition coefficient (Wildman–Crippen LogP) is 3.89. The van der Waals surface area contributed by atoms with Crippen LogP contribution < -0.4 is 5.32 Å². The molecule has 0 saturated heterocycles. The zero-order valence-electron chi connectivity index (χ0n) is 11.8. The van der Waals surface area contributed by atoms with Crippen LogP contribution >= 0.6 is 11.6 Å². The molecule has 114 valence electrons. The zero-order chi connectivity index (χ0) is 15.9. The highest BCUT2D eigenvalue weighted by molar-refractivity contribution is 6.29. The van der Waals surface area contributed by atoms with Crippen molar-refractivity contribution in [2.45, 2.75) is 6.92 Å². The van der Waals surface area contributed by atoms with Gasteiger partial charge in [-0.25, -0.2) is 14.2 Å². The number of rotatable bonds is 5. The maximum absolute atomic E-state index is 13.4. The zero-order valence-corrected chi connectivity index (χ0v) is 12.6. The Bertz CT molecular complexity index is 704. The predicted molar refractivity (Wildman–Crippen MR) is 83.9 cm³/mol. The van der Waals surface area contributed by atoms with Crippen molar-refractivity contribution in [3.8, 4) is 0 Å². The molecule has 22 heavy (non-hydrogen) atoms. The average Bonchev–Trinajstić information content (AvgIpc) is 2.48. The monoisotopic (exact) mass is 320 g/mol. The van der Waals surface area contributed by atoms with Gasteiger partial charge >= 0.3 is 5.97 Å². The fraction of sp³-hybridized carbons (Fsp3) is 0.125. The number of anilines is 1. The first kappa shape index (κ1) is 16.0. The van der Waals surface area contributed by atoms with E-state index in [1.165, 1.54) is 30.6 Å². The standard InChI is InChI=1S/C16H14ClFN2O2/c1-2-22-16(21)14(11-4-3-5-12(18)8-11)10-20-13-6-7-19-15(17)9-13/h3-10H,2H2,1H3,(H,19,20). The molecule has 0 atom stereocenters. The van der Waals surface area contributed by atoms with E-state index in [2.05, 4.69) is 10.3 Å². The molecule has 0 unspecified atom stereocenters. The second kappa shape index (κ2) is 7.56. The largest absolute Gasteiger partial charge is 0.462 e. The molecule has 0 spiro atoms. The van der Waals surface area contributed by atoms with Gasteiger partial charge in [0.05, 0.1) is 12.2 Å². The Morgan fingerprint density at radius 3 is 2.91 bits per heavy atom. The first-order chi connectivity index (χ1) is 10.6. The molecule has 0 saturated carbocycles. The molecule has 0 aliphatic heterocycles. The minimum Gasteiger partial charge on any atom is -0.462 e. The summed E-state index contributed by atoms with van der Waals surface area (Å²) in [7, 11) is 0. The smallest absolute Gasteiger partial charge is 0.340 e. The Morgan fingerprint density at radius 2 is 2.23 bits per heavy atom. The molecule has 1 aromatic carbocycles. The molecule has 2 aromatic rings. The lowest BCUT2D eigenvalue weighted by Gasteiger charge is -2.09. The number of benzene rings is 1. The second-order valence-electron chi connectivity index (χ2n) is 4.30. The van der Waals surface area contributed by atoms with Crippen molar-refractivity contribution in [3.63, 3.8) is 0 Å². The average molecular weight is 321 g/mol. The van der Waals surface area contributed by atoms with Gasteiger partial charge in [-0.2, -0.15) is 0 Å². The molecule has 0 aliphatic rings. The summed E-state index contributed by atoms with van der Waals surface area (Å²) >= 11 is 5.80. The summed E-state index contributed by atoms with van der Waals surface area (Å²) in [6, 6.07) is 9.03. The molecule has 0 bridgehead atoms. The van der Waals surface area contributed by atoms with Crippen molar-refractivity contribution >= 4 is 28.8 Å². The van der Waals surface area contributed by atoms with Crippen molar-refractivity contribution in [2.24, 2.45) is 0 Å². The van der Waals surface area contributed by atoms with Gasteiger partial charge in [-0.1, -0.05) is 23.7 Å². The highest BCUT2D eigenvalue weighted by Crippen LogP contribution is 2.19. The minimum absolute atomic E-state index is 0.217. The molecular weight excluding hydrogens is 307 g/mol. The van der Waals surface area contributed by atoms with Crippen LogP contribution in [0.25, 0.3) is 5.57 Å². The number of carbonyl (C=O) groups excluding carboxylic acids is 1. The molecule has 4 nitrogen and oxygen atoms in total. The van der Waals surface area contributed by atoms with E-state index in [-0.39, 0.29) is 12.2 Å². The molecule has 1 aromatic heterocycles. The summed E-state index contributed by atoms with van der Waals surface area (Å²) in [6.45, 7) is 1.93. The first-order valence-electron chi connectivity index (χ1n) is 6.61. The summed E-state index contributed by atoms with van der Waals surface area (Å²) < 4.78 is 18.4. The van der Waals surface area contributed by atoms with Crippen LogP contribution in [-0.4, -0.2) is 17.6 Å². The van der Waals surface area contributed by atoms with E-state index in [0.29, 0.717) is 16.4 Å². The van der Waals surface area contributed by atoms with Gasteiger partial charge in [0.15, 0.2) is 0 Å². The molecule has 0 fully saturated rings. The number of aromatic nitrogens is 1. The Labute approximate surface area is 132 Å². The van der Waals surface area contributed by atoms with E-state index in [1.807, 2.05) is 0 Å². The van der Waals surface area contributed by atoms with Gasteiger partial charge in [-0.3, -0.25) is 0 Å². The molecule has 1 heterocycles. The lowest BCUT2D eigenvalue weighted by molar-refractivity contribution is -0.136. The third-order valence-electron chi connectivity index (χ3n) is 2.74. The summed E-state index contributed by atoms with van der Waals surface area (Å²) in [5.41, 5.74) is 1.29. The molecule has 2 rings (SSSR count). The van der Waals surface area contributed by atoms with E-state index >= 15 is 0 Å². The molecule has 0 aliphatic carbocycles. The van der Waals surface area contributed by atoms with Crippen LogP contribution in [0.3, 0.4) is 0 Å². The lowest BCUT2D eigenvalue weighted by atomic mass is 10.1. The van der Waals surface area contributed by atoms with Gasteiger partial charge in [-0.05, 0) is 36.8 Å². The normalized spacial score (nSPS) is 11.1. The van der Waals surface area contributed by atoms with Crippen LogP contribution in [0.1, 0.15) is 12.5 Å². The van der Waals surface area contributed by atoms with Crippen molar-refractivity contribution in [2.75, 3.05) is 11.9 Å². The third kappa shape index (κ3) is 4.30. The van der Waals surface area contributed by atoms with Crippen LogP contribution in [0.5, 0.6) is 0 Å². The molecule has 6 heteroatoms. The van der Waals surface area contributed by atoms with Crippen molar-refractivity contribution in [3.05, 3.63) is 65.3 Å². The van der Waals surface area contributed by atoms with Gasteiger partial charge in [-0.15, -0.1) is 0 Å². The van der Waals surface area contributed by atoms with E-state index in [4.69, 9.17) is 16.3 Å². The fourth-order valence-electron chi connectivity index (χ4n) is 1.77. The Morgan fingerprint density at radius 1 is 1.41 bits per heavy atom. The van der Waals surface area contributed by atoms with Crippen LogP contribution in [0, 0.1) is 5.82 Å². The topological polar surface area (TPSA) is 51.2 Å². The van der Waals surface area contributed by atoms with Gasteiger partial charge < -0.3 is 10.1 Å². The van der Waals surface area contributed by atoms with E-state index in [1.54, 1.807) is 25.1 Å². The Hall–Kier alpha value is -2.40. The van der Waals surface area contributed by atoms with Crippen LogP contribution in [0.15, 0.2) is 48.8 Å². The second-order valence-corrected chi connectivity index (χ2v) is 4.69. The number of hydrogen-bond acceptors (Lipinski definition) is 4. The van der Waals surface area contributed by atoms with Crippen LogP contribution in [-0.2, 0) is 9.53 Å².